The molecule has 0 amide bonds. The van der Waals surface area contributed by atoms with Crippen LogP contribution in [0.3, 0.4) is 0 Å². The van der Waals surface area contributed by atoms with E-state index in [9.17, 15) is 0 Å². The van der Waals surface area contributed by atoms with E-state index in [0.717, 1.165) is 10.8 Å². The first-order chi connectivity index (χ1) is 9.68. The van der Waals surface area contributed by atoms with Crippen molar-refractivity contribution in [2.24, 2.45) is 0 Å². The standard InChI is InChI=1S/C16H21N3S/c1-12(2)19-16(9-6-10-16)14-11-20-15(18-14)17-13-7-4-3-5-8-13/h3-5,7-8,11-12,19H,6,9-10H2,1-2H3,(H,17,18). The van der Waals surface area contributed by atoms with Crippen molar-refractivity contribution >= 4 is 22.2 Å². The normalized spacial score (nSPS) is 16.9. The quantitative estimate of drug-likeness (QED) is 0.862. The molecule has 0 atom stereocenters. The van der Waals surface area contributed by atoms with Crippen LogP contribution in [0.2, 0.25) is 0 Å². The van der Waals surface area contributed by atoms with Gasteiger partial charge >= 0.3 is 0 Å². The van der Waals surface area contributed by atoms with Crippen molar-refractivity contribution in [1.29, 1.82) is 0 Å². The molecule has 3 nitrogen and oxygen atoms in total. The molecular formula is C16H21N3S. The number of aromatic nitrogens is 1. The highest BCUT2D eigenvalue weighted by Gasteiger charge is 2.40. The van der Waals surface area contributed by atoms with Crippen LogP contribution >= 0.6 is 11.3 Å². The van der Waals surface area contributed by atoms with Crippen LogP contribution < -0.4 is 10.6 Å². The van der Waals surface area contributed by atoms with Crippen molar-refractivity contribution in [1.82, 2.24) is 10.3 Å². The molecule has 0 bridgehead atoms. The molecule has 1 heterocycles. The number of thiazole rings is 1. The summed E-state index contributed by atoms with van der Waals surface area (Å²) in [6.45, 7) is 4.41. The fourth-order valence-corrected chi connectivity index (χ4v) is 3.58. The van der Waals surface area contributed by atoms with Crippen LogP contribution in [0, 0.1) is 0 Å². The predicted octanol–water partition coefficient (Wildman–Crippen LogP) is 4.26. The number of anilines is 2. The van der Waals surface area contributed by atoms with Gasteiger partial charge in [0, 0.05) is 17.1 Å². The van der Waals surface area contributed by atoms with Gasteiger partial charge in [0.05, 0.1) is 11.2 Å². The Morgan fingerprint density at radius 3 is 2.55 bits per heavy atom. The average molecular weight is 287 g/mol. The Hall–Kier alpha value is -1.39. The molecule has 2 N–H and O–H groups in total. The second kappa shape index (κ2) is 5.54. The van der Waals surface area contributed by atoms with Crippen LogP contribution in [0.1, 0.15) is 38.8 Å². The fraction of sp³-hybridized carbons (Fsp3) is 0.438. The van der Waals surface area contributed by atoms with Crippen molar-refractivity contribution in [3.8, 4) is 0 Å². The number of hydrogen-bond donors (Lipinski definition) is 2. The largest absolute Gasteiger partial charge is 0.332 e. The van der Waals surface area contributed by atoms with Gasteiger partial charge in [0.1, 0.15) is 0 Å². The highest BCUT2D eigenvalue weighted by Crippen LogP contribution is 2.42. The van der Waals surface area contributed by atoms with Gasteiger partial charge in [0.25, 0.3) is 0 Å². The van der Waals surface area contributed by atoms with Crippen molar-refractivity contribution in [3.05, 3.63) is 41.4 Å². The summed E-state index contributed by atoms with van der Waals surface area (Å²) in [5.74, 6) is 0. The van der Waals surface area contributed by atoms with Crippen LogP contribution in [-0.4, -0.2) is 11.0 Å². The van der Waals surface area contributed by atoms with Crippen LogP contribution in [-0.2, 0) is 5.54 Å². The minimum Gasteiger partial charge on any atom is -0.332 e. The molecule has 1 fully saturated rings. The SMILES string of the molecule is CC(C)NC1(c2csc(Nc3ccccc3)n2)CCC1. The number of nitrogens with one attached hydrogen (secondary N) is 2. The van der Waals surface area contributed by atoms with Crippen molar-refractivity contribution in [2.45, 2.75) is 44.7 Å². The summed E-state index contributed by atoms with van der Waals surface area (Å²) >= 11 is 1.69. The second-order valence-electron chi connectivity index (χ2n) is 5.76. The molecule has 106 valence electrons. The molecule has 0 radical (unpaired) electrons. The first-order valence-electron chi connectivity index (χ1n) is 7.24. The van der Waals surface area contributed by atoms with Gasteiger partial charge in [-0.2, -0.15) is 0 Å². The molecule has 1 aromatic heterocycles. The van der Waals surface area contributed by atoms with E-state index in [0.29, 0.717) is 6.04 Å². The molecule has 2 aromatic rings. The monoisotopic (exact) mass is 287 g/mol. The maximum Gasteiger partial charge on any atom is 0.187 e. The van der Waals surface area contributed by atoms with E-state index >= 15 is 0 Å². The first kappa shape index (κ1) is 13.6. The summed E-state index contributed by atoms with van der Waals surface area (Å²) in [4.78, 5) is 4.80. The minimum atomic E-state index is 0.112. The van der Waals surface area contributed by atoms with Crippen LogP contribution in [0.15, 0.2) is 35.7 Å². The molecule has 20 heavy (non-hydrogen) atoms. The van der Waals surface area contributed by atoms with Crippen molar-refractivity contribution < 1.29 is 0 Å². The zero-order chi connectivity index (χ0) is 14.0. The van der Waals surface area contributed by atoms with E-state index in [1.807, 2.05) is 18.2 Å². The highest BCUT2D eigenvalue weighted by atomic mass is 32.1. The zero-order valence-corrected chi connectivity index (χ0v) is 12.8. The van der Waals surface area contributed by atoms with E-state index in [1.54, 1.807) is 11.3 Å². The molecular weight excluding hydrogens is 266 g/mol. The maximum absolute atomic E-state index is 4.80. The fourth-order valence-electron chi connectivity index (χ4n) is 2.75. The molecule has 1 saturated carbocycles. The summed E-state index contributed by atoms with van der Waals surface area (Å²) in [6.07, 6.45) is 3.68. The summed E-state index contributed by atoms with van der Waals surface area (Å²) in [6, 6.07) is 10.7. The molecule has 0 aliphatic heterocycles. The Morgan fingerprint density at radius 1 is 1.20 bits per heavy atom. The Bertz CT molecular complexity index is 558. The number of para-hydroxylation sites is 1. The number of nitrogens with zero attached hydrogens (tertiary/aromatic N) is 1. The molecule has 1 aliphatic carbocycles. The van der Waals surface area contributed by atoms with Crippen LogP contribution in [0.5, 0.6) is 0 Å². The summed E-state index contributed by atoms with van der Waals surface area (Å²) in [7, 11) is 0. The average Bonchev–Trinajstić information content (AvgIpc) is 2.83. The first-order valence-corrected chi connectivity index (χ1v) is 8.12. The van der Waals surface area contributed by atoms with Gasteiger partial charge in [-0.3, -0.25) is 0 Å². The molecule has 1 aliphatic rings. The van der Waals surface area contributed by atoms with Crippen molar-refractivity contribution in [2.75, 3.05) is 5.32 Å². The van der Waals surface area contributed by atoms with Gasteiger partial charge in [0.2, 0.25) is 0 Å². The number of benzene rings is 1. The Balaban J connectivity index is 1.76. The van der Waals surface area contributed by atoms with Gasteiger partial charge in [-0.05, 0) is 45.2 Å². The minimum absolute atomic E-state index is 0.112. The third-order valence-corrected chi connectivity index (χ3v) is 4.55. The Morgan fingerprint density at radius 2 is 1.95 bits per heavy atom. The zero-order valence-electron chi connectivity index (χ0n) is 12.0. The van der Waals surface area contributed by atoms with Crippen LogP contribution in [0.25, 0.3) is 0 Å². The second-order valence-corrected chi connectivity index (χ2v) is 6.62. The summed E-state index contributed by atoms with van der Waals surface area (Å²) in [5.41, 5.74) is 2.40. The predicted molar refractivity (Wildman–Crippen MR) is 85.6 cm³/mol. The maximum atomic E-state index is 4.80. The smallest absolute Gasteiger partial charge is 0.187 e. The van der Waals surface area contributed by atoms with Gasteiger partial charge in [-0.15, -0.1) is 11.3 Å². The van der Waals surface area contributed by atoms with Gasteiger partial charge in [-0.1, -0.05) is 18.2 Å². The third-order valence-electron chi connectivity index (χ3n) is 3.79. The molecule has 0 saturated heterocycles. The molecule has 1 aromatic carbocycles. The van der Waals surface area contributed by atoms with E-state index in [-0.39, 0.29) is 5.54 Å². The summed E-state index contributed by atoms with van der Waals surface area (Å²) in [5, 5.41) is 10.2. The van der Waals surface area contributed by atoms with E-state index in [4.69, 9.17) is 4.98 Å². The van der Waals surface area contributed by atoms with Gasteiger partial charge in [-0.25, -0.2) is 4.98 Å². The lowest BCUT2D eigenvalue weighted by atomic mass is 9.74. The van der Waals surface area contributed by atoms with E-state index in [2.05, 4.69) is 42.0 Å². The van der Waals surface area contributed by atoms with Gasteiger partial charge < -0.3 is 10.6 Å². The van der Waals surface area contributed by atoms with Crippen molar-refractivity contribution in [3.63, 3.8) is 0 Å². The lowest BCUT2D eigenvalue weighted by Crippen LogP contribution is -2.51. The lowest BCUT2D eigenvalue weighted by Gasteiger charge is -2.43. The van der Waals surface area contributed by atoms with E-state index in [1.165, 1.54) is 25.0 Å². The lowest BCUT2D eigenvalue weighted by molar-refractivity contribution is 0.166. The molecule has 0 unspecified atom stereocenters. The molecule has 3 rings (SSSR count). The van der Waals surface area contributed by atoms with Crippen LogP contribution in [0.4, 0.5) is 10.8 Å². The number of rotatable bonds is 5. The molecule has 0 spiro atoms. The topological polar surface area (TPSA) is 37.0 Å². The van der Waals surface area contributed by atoms with Gasteiger partial charge in [0.15, 0.2) is 5.13 Å². The molecule has 4 heteroatoms. The summed E-state index contributed by atoms with van der Waals surface area (Å²) < 4.78 is 0. The Kier molecular flexibility index (Phi) is 3.76. The van der Waals surface area contributed by atoms with E-state index < -0.39 is 0 Å². The highest BCUT2D eigenvalue weighted by molar-refractivity contribution is 7.13. The Labute approximate surface area is 124 Å². The third kappa shape index (κ3) is 2.72. The number of hydrogen-bond acceptors (Lipinski definition) is 4.